The molecule has 0 bridgehead atoms. The number of halogens is 1. The predicted octanol–water partition coefficient (Wildman–Crippen LogP) is 2.79. The Labute approximate surface area is 132 Å². The summed E-state index contributed by atoms with van der Waals surface area (Å²) >= 11 is 5.82. The second kappa shape index (κ2) is 5.69. The van der Waals surface area contributed by atoms with Gasteiger partial charge in [-0.05, 0) is 36.4 Å². The number of carbonyl (C=O) groups excluding carboxylic acids is 2. The van der Waals surface area contributed by atoms with Crippen molar-refractivity contribution in [3.05, 3.63) is 53.6 Å². The minimum absolute atomic E-state index is 0.0349. The molecule has 3 rings (SSSR count). The van der Waals surface area contributed by atoms with Gasteiger partial charge in [0.15, 0.2) is 0 Å². The van der Waals surface area contributed by atoms with Gasteiger partial charge < -0.3 is 10.4 Å². The van der Waals surface area contributed by atoms with Crippen LogP contribution in [0, 0.1) is 0 Å². The van der Waals surface area contributed by atoms with Gasteiger partial charge in [-0.2, -0.15) is 0 Å². The smallest absolute Gasteiger partial charge is 0.256 e. The normalized spacial score (nSPS) is 17.9. The number of rotatable bonds is 3. The molecule has 0 saturated carbocycles. The number of aromatic hydroxyl groups is 1. The molecule has 0 aliphatic carbocycles. The van der Waals surface area contributed by atoms with E-state index in [1.54, 1.807) is 42.5 Å². The van der Waals surface area contributed by atoms with Crippen LogP contribution in [-0.4, -0.2) is 23.0 Å². The van der Waals surface area contributed by atoms with Crippen LogP contribution >= 0.6 is 11.6 Å². The molecule has 0 radical (unpaired) electrons. The molecule has 5 nitrogen and oxygen atoms in total. The molecule has 1 unspecified atom stereocenters. The predicted molar refractivity (Wildman–Crippen MR) is 84.1 cm³/mol. The zero-order valence-electron chi connectivity index (χ0n) is 11.5. The van der Waals surface area contributed by atoms with Crippen molar-refractivity contribution in [3.8, 4) is 5.75 Å². The molecule has 1 atom stereocenters. The number of nitrogens with zero attached hydrogens (tertiary/aromatic N) is 1. The maximum atomic E-state index is 12.4. The highest BCUT2D eigenvalue weighted by Crippen LogP contribution is 2.28. The molecule has 1 heterocycles. The highest BCUT2D eigenvalue weighted by Gasteiger charge is 2.39. The van der Waals surface area contributed by atoms with E-state index in [9.17, 15) is 14.7 Å². The Balaban J connectivity index is 1.82. The van der Waals surface area contributed by atoms with Gasteiger partial charge in [0.05, 0.1) is 17.8 Å². The number of anilines is 2. The maximum Gasteiger partial charge on any atom is 0.256 e. The number of para-hydroxylation sites is 2. The molecule has 112 valence electrons. The summed E-state index contributed by atoms with van der Waals surface area (Å²) in [5.74, 6) is -0.608. The van der Waals surface area contributed by atoms with Gasteiger partial charge in [-0.25, -0.2) is 4.90 Å². The van der Waals surface area contributed by atoms with E-state index in [1.807, 2.05) is 0 Å². The minimum atomic E-state index is -0.698. The number of phenols is 1. The SMILES string of the molecule is O=C1CC(Nc2ccccc2O)C(=O)N1c1ccc(Cl)cc1. The van der Waals surface area contributed by atoms with E-state index in [1.165, 1.54) is 6.07 Å². The molecule has 0 aromatic heterocycles. The summed E-state index contributed by atoms with van der Waals surface area (Å²) in [5, 5.41) is 13.2. The molecule has 6 heteroatoms. The zero-order valence-corrected chi connectivity index (χ0v) is 12.2. The maximum absolute atomic E-state index is 12.4. The van der Waals surface area contributed by atoms with Crippen molar-refractivity contribution in [1.29, 1.82) is 0 Å². The summed E-state index contributed by atoms with van der Waals surface area (Å²) in [5.41, 5.74) is 0.910. The van der Waals surface area contributed by atoms with Gasteiger partial charge >= 0.3 is 0 Å². The Morgan fingerprint density at radius 2 is 1.77 bits per heavy atom. The molecular weight excluding hydrogens is 304 g/mol. The second-order valence-electron chi connectivity index (χ2n) is 4.96. The van der Waals surface area contributed by atoms with Crippen LogP contribution in [0.1, 0.15) is 6.42 Å². The molecule has 1 saturated heterocycles. The van der Waals surface area contributed by atoms with E-state index in [2.05, 4.69) is 5.32 Å². The molecule has 2 N–H and O–H groups in total. The van der Waals surface area contributed by atoms with Crippen LogP contribution in [0.15, 0.2) is 48.5 Å². The molecule has 1 aliphatic rings. The van der Waals surface area contributed by atoms with Crippen molar-refractivity contribution >= 4 is 34.8 Å². The van der Waals surface area contributed by atoms with E-state index in [-0.39, 0.29) is 24.0 Å². The summed E-state index contributed by atoms with van der Waals surface area (Å²) in [4.78, 5) is 25.7. The lowest BCUT2D eigenvalue weighted by atomic mass is 10.2. The molecule has 2 aromatic rings. The van der Waals surface area contributed by atoms with E-state index in [0.29, 0.717) is 16.4 Å². The van der Waals surface area contributed by atoms with E-state index in [4.69, 9.17) is 11.6 Å². The summed E-state index contributed by atoms with van der Waals surface area (Å²) < 4.78 is 0. The lowest BCUT2D eigenvalue weighted by Crippen LogP contribution is -2.34. The van der Waals surface area contributed by atoms with Crippen molar-refractivity contribution in [2.45, 2.75) is 12.5 Å². The average Bonchev–Trinajstić information content (AvgIpc) is 2.77. The summed E-state index contributed by atoms with van der Waals surface area (Å²) in [6, 6.07) is 12.4. The number of imide groups is 1. The van der Waals surface area contributed by atoms with Crippen LogP contribution < -0.4 is 10.2 Å². The third kappa shape index (κ3) is 2.63. The largest absolute Gasteiger partial charge is 0.506 e. The monoisotopic (exact) mass is 316 g/mol. The highest BCUT2D eigenvalue weighted by molar-refractivity contribution is 6.30. The standard InChI is InChI=1S/C16H13ClN2O3/c17-10-5-7-11(8-6-10)19-15(21)9-13(16(19)22)18-12-3-1-2-4-14(12)20/h1-8,13,18,20H,9H2. The third-order valence-electron chi connectivity index (χ3n) is 3.47. The molecule has 1 fully saturated rings. The van der Waals surface area contributed by atoms with Crippen LogP contribution in [-0.2, 0) is 9.59 Å². The molecule has 0 spiro atoms. The van der Waals surface area contributed by atoms with Crippen molar-refractivity contribution in [3.63, 3.8) is 0 Å². The van der Waals surface area contributed by atoms with Crippen LogP contribution in [0.3, 0.4) is 0 Å². The van der Waals surface area contributed by atoms with Gasteiger partial charge in [0.1, 0.15) is 11.8 Å². The van der Waals surface area contributed by atoms with Crippen molar-refractivity contribution in [2.75, 3.05) is 10.2 Å². The van der Waals surface area contributed by atoms with Crippen molar-refractivity contribution in [2.24, 2.45) is 0 Å². The first-order valence-electron chi connectivity index (χ1n) is 6.73. The Bertz CT molecular complexity index is 730. The van der Waals surface area contributed by atoms with Gasteiger partial charge in [-0.3, -0.25) is 9.59 Å². The number of carbonyl (C=O) groups is 2. The first-order chi connectivity index (χ1) is 10.6. The highest BCUT2D eigenvalue weighted by atomic mass is 35.5. The van der Waals surface area contributed by atoms with Gasteiger partial charge in [0.25, 0.3) is 5.91 Å². The van der Waals surface area contributed by atoms with Crippen LogP contribution in [0.5, 0.6) is 5.75 Å². The van der Waals surface area contributed by atoms with Gasteiger partial charge in [0, 0.05) is 5.02 Å². The number of hydrogen-bond acceptors (Lipinski definition) is 4. The number of amides is 2. The zero-order chi connectivity index (χ0) is 15.7. The van der Waals surface area contributed by atoms with E-state index < -0.39 is 6.04 Å². The first kappa shape index (κ1) is 14.4. The summed E-state index contributed by atoms with van der Waals surface area (Å²) in [6.45, 7) is 0. The quantitative estimate of drug-likeness (QED) is 0.675. The molecule has 2 amide bonds. The minimum Gasteiger partial charge on any atom is -0.506 e. The fourth-order valence-corrected chi connectivity index (χ4v) is 2.52. The third-order valence-corrected chi connectivity index (χ3v) is 3.72. The lowest BCUT2D eigenvalue weighted by molar-refractivity contribution is -0.121. The Kier molecular flexibility index (Phi) is 3.73. The number of hydrogen-bond donors (Lipinski definition) is 2. The average molecular weight is 317 g/mol. The Morgan fingerprint density at radius 1 is 1.09 bits per heavy atom. The lowest BCUT2D eigenvalue weighted by Gasteiger charge is -2.16. The van der Waals surface area contributed by atoms with Gasteiger partial charge in [-0.15, -0.1) is 0 Å². The fraction of sp³-hybridized carbons (Fsp3) is 0.125. The number of nitrogens with one attached hydrogen (secondary N) is 1. The second-order valence-corrected chi connectivity index (χ2v) is 5.40. The van der Waals surface area contributed by atoms with E-state index in [0.717, 1.165) is 4.90 Å². The summed E-state index contributed by atoms with van der Waals surface area (Å²) in [6.07, 6.45) is 0.0375. The Hall–Kier alpha value is -2.53. The molecule has 2 aromatic carbocycles. The molecule has 22 heavy (non-hydrogen) atoms. The molecule has 1 aliphatic heterocycles. The first-order valence-corrected chi connectivity index (χ1v) is 7.11. The van der Waals surface area contributed by atoms with Gasteiger partial charge in [0.2, 0.25) is 5.91 Å². The summed E-state index contributed by atoms with van der Waals surface area (Å²) in [7, 11) is 0. The number of phenolic OH excluding ortho intramolecular Hbond substituents is 1. The van der Waals surface area contributed by atoms with Crippen LogP contribution in [0.4, 0.5) is 11.4 Å². The number of benzene rings is 2. The van der Waals surface area contributed by atoms with Crippen LogP contribution in [0.25, 0.3) is 0 Å². The molecular formula is C16H13ClN2O3. The van der Waals surface area contributed by atoms with E-state index >= 15 is 0 Å². The van der Waals surface area contributed by atoms with Crippen LogP contribution in [0.2, 0.25) is 5.02 Å². The topological polar surface area (TPSA) is 69.6 Å². The van der Waals surface area contributed by atoms with Crippen molar-refractivity contribution < 1.29 is 14.7 Å². The fourth-order valence-electron chi connectivity index (χ4n) is 2.39. The van der Waals surface area contributed by atoms with Crippen molar-refractivity contribution in [1.82, 2.24) is 0 Å². The van der Waals surface area contributed by atoms with Gasteiger partial charge in [-0.1, -0.05) is 23.7 Å². The Morgan fingerprint density at radius 3 is 2.45 bits per heavy atom.